The summed E-state index contributed by atoms with van der Waals surface area (Å²) in [7, 11) is 0. The highest BCUT2D eigenvalue weighted by molar-refractivity contribution is 5.82. The first-order chi connectivity index (χ1) is 8.90. The summed E-state index contributed by atoms with van der Waals surface area (Å²) in [6, 6.07) is 8.27. The second-order valence-corrected chi connectivity index (χ2v) is 3.83. The summed E-state index contributed by atoms with van der Waals surface area (Å²) in [4.78, 5) is 6.67. The summed E-state index contributed by atoms with van der Waals surface area (Å²) in [5.74, 6) is -1.13. The molecule has 0 saturated carbocycles. The number of aliphatic hydroxyl groups is 1. The molecule has 0 atom stereocenters. The molecule has 4 nitrogen and oxygen atoms in total. The zero-order valence-electron chi connectivity index (χ0n) is 9.49. The van der Waals surface area contributed by atoms with Gasteiger partial charge in [-0.2, -0.15) is 18.4 Å². The van der Waals surface area contributed by atoms with Crippen LogP contribution in [0.5, 0.6) is 0 Å². The van der Waals surface area contributed by atoms with Gasteiger partial charge in [0.25, 0.3) is 0 Å². The maximum atomic E-state index is 12.2. The molecule has 0 unspecified atom stereocenters. The summed E-state index contributed by atoms with van der Waals surface area (Å²) in [5.41, 5.74) is 0.573. The molecule has 0 bridgehead atoms. The van der Waals surface area contributed by atoms with Crippen molar-refractivity contribution in [1.82, 2.24) is 9.97 Å². The highest BCUT2D eigenvalue weighted by atomic mass is 19.4. The number of allylic oxidation sites excluding steroid dienone is 2. The summed E-state index contributed by atoms with van der Waals surface area (Å²) >= 11 is 0. The van der Waals surface area contributed by atoms with Crippen molar-refractivity contribution < 1.29 is 18.3 Å². The molecular formula is C12H8F3N3O. The van der Waals surface area contributed by atoms with Crippen LogP contribution < -0.4 is 0 Å². The maximum Gasteiger partial charge on any atom is 0.396 e. The average Bonchev–Trinajstić information content (AvgIpc) is 2.70. The third-order valence-electron chi connectivity index (χ3n) is 2.39. The van der Waals surface area contributed by atoms with E-state index in [1.54, 1.807) is 24.3 Å². The smallest absolute Gasteiger partial charge is 0.396 e. The molecular weight excluding hydrogens is 259 g/mol. The van der Waals surface area contributed by atoms with Crippen LogP contribution in [0, 0.1) is 11.3 Å². The molecule has 1 aromatic carbocycles. The first-order valence-electron chi connectivity index (χ1n) is 5.25. The number of rotatable bonds is 2. The number of aromatic amines is 1. The lowest BCUT2D eigenvalue weighted by atomic mass is 10.2. The molecule has 0 aliphatic heterocycles. The number of hydrogen-bond acceptors (Lipinski definition) is 3. The Kier molecular flexibility index (Phi) is 3.17. The van der Waals surface area contributed by atoms with Gasteiger partial charge in [-0.1, -0.05) is 12.1 Å². The van der Waals surface area contributed by atoms with Gasteiger partial charge in [0.1, 0.15) is 23.8 Å². The third-order valence-corrected chi connectivity index (χ3v) is 2.39. The van der Waals surface area contributed by atoms with Crippen LogP contribution in [-0.4, -0.2) is 21.3 Å². The number of para-hydroxylation sites is 2. The monoisotopic (exact) mass is 267 g/mol. The molecule has 2 N–H and O–H groups in total. The van der Waals surface area contributed by atoms with Crippen molar-refractivity contribution >= 4 is 16.6 Å². The Labute approximate surface area is 105 Å². The average molecular weight is 267 g/mol. The van der Waals surface area contributed by atoms with E-state index in [-0.39, 0.29) is 5.82 Å². The van der Waals surface area contributed by atoms with Crippen molar-refractivity contribution in [2.75, 3.05) is 0 Å². The first kappa shape index (κ1) is 13.0. The number of imidazole rings is 1. The number of H-pyrrole nitrogens is 1. The minimum absolute atomic E-state index is 0.0783. The number of hydrogen-bond donors (Lipinski definition) is 2. The van der Waals surface area contributed by atoms with Crippen LogP contribution in [0.2, 0.25) is 0 Å². The molecule has 7 heteroatoms. The summed E-state index contributed by atoms with van der Waals surface area (Å²) in [6.45, 7) is 0. The SMILES string of the molecule is N#C/C(=C(/O)CC(F)(F)F)c1nc2ccccc2[nH]1. The van der Waals surface area contributed by atoms with Crippen molar-refractivity contribution in [3.63, 3.8) is 0 Å². The van der Waals surface area contributed by atoms with Gasteiger partial charge in [0.15, 0.2) is 5.82 Å². The predicted octanol–water partition coefficient (Wildman–Crippen LogP) is 3.31. The van der Waals surface area contributed by atoms with Gasteiger partial charge in [0.05, 0.1) is 11.0 Å². The number of nitriles is 1. The van der Waals surface area contributed by atoms with E-state index in [1.807, 2.05) is 0 Å². The highest BCUT2D eigenvalue weighted by Gasteiger charge is 2.31. The van der Waals surface area contributed by atoms with E-state index in [9.17, 15) is 18.3 Å². The molecule has 0 aliphatic carbocycles. The van der Waals surface area contributed by atoms with Crippen molar-refractivity contribution in [2.24, 2.45) is 0 Å². The zero-order chi connectivity index (χ0) is 14.0. The van der Waals surface area contributed by atoms with Crippen LogP contribution in [0.15, 0.2) is 30.0 Å². The predicted molar refractivity (Wildman–Crippen MR) is 61.9 cm³/mol. The van der Waals surface area contributed by atoms with Gasteiger partial charge in [0, 0.05) is 0 Å². The molecule has 1 heterocycles. The van der Waals surface area contributed by atoms with E-state index in [4.69, 9.17) is 5.26 Å². The Balaban J connectivity index is 2.47. The third kappa shape index (κ3) is 2.85. The molecule has 98 valence electrons. The van der Waals surface area contributed by atoms with E-state index in [1.165, 1.54) is 6.07 Å². The van der Waals surface area contributed by atoms with Crippen LogP contribution in [0.3, 0.4) is 0 Å². The Hall–Kier alpha value is -2.49. The Morgan fingerprint density at radius 2 is 2.05 bits per heavy atom. The molecule has 0 spiro atoms. The Bertz CT molecular complexity index is 646. The fourth-order valence-corrected chi connectivity index (χ4v) is 1.60. The zero-order valence-corrected chi connectivity index (χ0v) is 9.49. The van der Waals surface area contributed by atoms with E-state index in [0.29, 0.717) is 11.0 Å². The number of fused-ring (bicyclic) bond motifs is 1. The number of aliphatic hydroxyl groups excluding tert-OH is 1. The van der Waals surface area contributed by atoms with Crippen LogP contribution in [0.25, 0.3) is 16.6 Å². The van der Waals surface area contributed by atoms with Crippen molar-refractivity contribution in [3.05, 3.63) is 35.8 Å². The summed E-state index contributed by atoms with van der Waals surface area (Å²) in [5, 5.41) is 18.3. The lowest BCUT2D eigenvalue weighted by Crippen LogP contribution is -2.09. The molecule has 1 aromatic heterocycles. The second kappa shape index (κ2) is 4.65. The molecule has 0 radical (unpaired) electrons. The van der Waals surface area contributed by atoms with Crippen LogP contribution in [-0.2, 0) is 0 Å². The van der Waals surface area contributed by atoms with Gasteiger partial charge in [-0.05, 0) is 12.1 Å². The van der Waals surface area contributed by atoms with Gasteiger partial charge >= 0.3 is 6.18 Å². The molecule has 0 fully saturated rings. The Morgan fingerprint density at radius 1 is 1.37 bits per heavy atom. The number of benzene rings is 1. The number of alkyl halides is 3. The number of nitrogens with zero attached hydrogens (tertiary/aromatic N) is 2. The fraction of sp³-hybridized carbons (Fsp3) is 0.167. The lowest BCUT2D eigenvalue weighted by Gasteiger charge is -2.06. The molecule has 0 aliphatic rings. The van der Waals surface area contributed by atoms with Crippen LogP contribution in [0.4, 0.5) is 13.2 Å². The molecule has 2 aromatic rings. The summed E-state index contributed by atoms with van der Waals surface area (Å²) in [6.07, 6.45) is -6.15. The van der Waals surface area contributed by atoms with E-state index < -0.39 is 23.9 Å². The number of nitrogens with one attached hydrogen (secondary N) is 1. The fourth-order valence-electron chi connectivity index (χ4n) is 1.60. The van der Waals surface area contributed by atoms with Gasteiger partial charge in [-0.25, -0.2) is 4.98 Å². The number of halogens is 3. The highest BCUT2D eigenvalue weighted by Crippen LogP contribution is 2.27. The quantitative estimate of drug-likeness (QED) is 0.647. The van der Waals surface area contributed by atoms with Gasteiger partial charge < -0.3 is 10.1 Å². The standard InChI is InChI=1S/C12H8F3N3O/c13-12(14,15)5-10(19)7(6-16)11-17-8-3-1-2-4-9(8)18-11/h1-4,19H,5H2,(H,17,18)/b10-7-. The van der Waals surface area contributed by atoms with Crippen molar-refractivity contribution in [1.29, 1.82) is 5.26 Å². The largest absolute Gasteiger partial charge is 0.510 e. The molecule has 0 amide bonds. The normalized spacial score (nSPS) is 13.2. The molecule has 0 saturated heterocycles. The van der Waals surface area contributed by atoms with E-state index >= 15 is 0 Å². The van der Waals surface area contributed by atoms with E-state index in [2.05, 4.69) is 9.97 Å². The van der Waals surface area contributed by atoms with Crippen molar-refractivity contribution in [2.45, 2.75) is 12.6 Å². The van der Waals surface area contributed by atoms with Crippen molar-refractivity contribution in [3.8, 4) is 6.07 Å². The first-order valence-corrected chi connectivity index (χ1v) is 5.25. The molecule has 19 heavy (non-hydrogen) atoms. The maximum absolute atomic E-state index is 12.2. The van der Waals surface area contributed by atoms with Gasteiger partial charge in [0.2, 0.25) is 0 Å². The topological polar surface area (TPSA) is 72.7 Å². The number of aromatic nitrogens is 2. The van der Waals surface area contributed by atoms with Crippen LogP contribution >= 0.6 is 0 Å². The second-order valence-electron chi connectivity index (χ2n) is 3.83. The minimum atomic E-state index is -4.59. The minimum Gasteiger partial charge on any atom is -0.510 e. The van der Waals surface area contributed by atoms with E-state index in [0.717, 1.165) is 0 Å². The van der Waals surface area contributed by atoms with Crippen LogP contribution in [0.1, 0.15) is 12.2 Å². The van der Waals surface area contributed by atoms with Gasteiger partial charge in [-0.3, -0.25) is 0 Å². The molecule has 2 rings (SSSR count). The lowest BCUT2D eigenvalue weighted by molar-refractivity contribution is -0.132. The van der Waals surface area contributed by atoms with Gasteiger partial charge in [-0.15, -0.1) is 0 Å². The Morgan fingerprint density at radius 3 is 2.63 bits per heavy atom. The summed E-state index contributed by atoms with van der Waals surface area (Å²) < 4.78 is 36.6.